The van der Waals surface area contributed by atoms with Crippen LogP contribution in [0.3, 0.4) is 0 Å². The lowest BCUT2D eigenvalue weighted by atomic mass is 9.82. The maximum Gasteiger partial charge on any atom is 0.409 e. The molecule has 1 aliphatic carbocycles. The number of anilines is 1. The number of benzene rings is 1. The number of esters is 1. The van der Waals surface area contributed by atoms with Crippen LogP contribution in [0.4, 0.5) is 10.5 Å². The van der Waals surface area contributed by atoms with Gasteiger partial charge in [0.15, 0.2) is 5.72 Å². The van der Waals surface area contributed by atoms with Gasteiger partial charge in [-0.3, -0.25) is 39.3 Å². The van der Waals surface area contributed by atoms with Crippen molar-refractivity contribution in [2.24, 2.45) is 22.9 Å². The lowest BCUT2D eigenvalue weighted by Crippen LogP contribution is -2.63. The molecule has 67 heavy (non-hydrogen) atoms. The molecular weight excluding hydrogens is 930 g/mol. The number of halogens is 1. The van der Waals surface area contributed by atoms with Crippen LogP contribution in [0.15, 0.2) is 35.9 Å². The molecule has 4 fully saturated rings. The van der Waals surface area contributed by atoms with E-state index in [0.717, 1.165) is 35.9 Å². The first-order valence-corrected chi connectivity index (χ1v) is 24.8. The van der Waals surface area contributed by atoms with Crippen molar-refractivity contribution in [3.63, 3.8) is 0 Å². The highest BCUT2D eigenvalue weighted by atomic mass is 35.5. The Morgan fingerprint density at radius 3 is 2.48 bits per heavy atom. The number of epoxide rings is 1. The first-order valence-electron chi connectivity index (χ1n) is 22.5. The van der Waals surface area contributed by atoms with Gasteiger partial charge < -0.3 is 38.6 Å². The highest BCUT2D eigenvalue weighted by Crippen LogP contribution is 2.42. The van der Waals surface area contributed by atoms with Gasteiger partial charge in [-0.2, -0.15) is 0 Å². The lowest BCUT2D eigenvalue weighted by molar-refractivity contribution is -0.159. The Labute approximate surface area is 404 Å². The number of methoxy groups -OCH3 is 2. The number of rotatable bonds is 12. The second-order valence-electron chi connectivity index (χ2n) is 18.1. The van der Waals surface area contributed by atoms with E-state index in [1.165, 1.54) is 54.7 Å². The number of alkyl carbamates (subject to hydrolysis) is 1. The molecule has 0 aromatic heterocycles. The summed E-state index contributed by atoms with van der Waals surface area (Å²) in [6.07, 6.45) is 2.56. The number of hydrogen-bond acceptors (Lipinski definition) is 16. The minimum atomic E-state index is -1.86. The van der Waals surface area contributed by atoms with Gasteiger partial charge in [0, 0.05) is 64.6 Å². The van der Waals surface area contributed by atoms with Crippen molar-refractivity contribution in [2.75, 3.05) is 45.5 Å². The summed E-state index contributed by atoms with van der Waals surface area (Å²) in [5.41, 5.74) is 0.172. The first kappa shape index (κ1) is 52.2. The number of nitrogens with zero attached hydrogens (tertiary/aromatic N) is 3. The molecule has 21 heteroatoms. The van der Waals surface area contributed by atoms with Crippen LogP contribution in [0.2, 0.25) is 5.02 Å². The smallest absolute Gasteiger partial charge is 0.409 e. The zero-order valence-corrected chi connectivity index (χ0v) is 41.3. The van der Waals surface area contributed by atoms with Gasteiger partial charge >= 0.3 is 12.1 Å². The average Bonchev–Trinajstić information content (AvgIpc) is 4.06. The van der Waals surface area contributed by atoms with Crippen LogP contribution in [0.5, 0.6) is 5.75 Å². The number of thioether (sulfide) groups is 1. The number of carbonyl (C=O) groups is 7. The topological polar surface area (TPSA) is 237 Å². The predicted molar refractivity (Wildman–Crippen MR) is 251 cm³/mol. The third-order valence-electron chi connectivity index (χ3n) is 13.6. The van der Waals surface area contributed by atoms with E-state index in [1.54, 1.807) is 38.3 Å². The molecule has 9 atom stereocenters. The number of amides is 5. The molecule has 0 spiro atoms. The van der Waals surface area contributed by atoms with Gasteiger partial charge in [0.05, 0.1) is 30.6 Å². The molecule has 4 heterocycles. The summed E-state index contributed by atoms with van der Waals surface area (Å²) in [5.74, 6) is -2.24. The van der Waals surface area contributed by atoms with Gasteiger partial charge in [-0.15, -0.1) is 11.8 Å². The van der Waals surface area contributed by atoms with E-state index in [-0.39, 0.29) is 65.2 Å². The maximum absolute atomic E-state index is 14.2. The van der Waals surface area contributed by atoms with Crippen LogP contribution in [0, 0.1) is 17.8 Å². The minimum absolute atomic E-state index is 0.0280. The van der Waals surface area contributed by atoms with Crippen molar-refractivity contribution in [3.8, 4) is 5.75 Å². The number of nitrogens with one attached hydrogen (secondary N) is 1. The van der Waals surface area contributed by atoms with Crippen LogP contribution in [-0.4, -0.2) is 144 Å². The molecule has 0 radical (unpaired) electrons. The quantitative estimate of drug-likeness (QED) is 0.114. The number of likely N-dealkylation sites (tertiary alicyclic amines) is 1. The van der Waals surface area contributed by atoms with E-state index in [1.807, 2.05) is 13.0 Å². The van der Waals surface area contributed by atoms with Crippen LogP contribution in [0.25, 0.3) is 0 Å². The van der Waals surface area contributed by atoms with E-state index in [9.17, 15) is 38.7 Å². The molecule has 368 valence electrons. The van der Waals surface area contributed by atoms with Crippen LogP contribution < -0.4 is 20.1 Å². The second-order valence-corrected chi connectivity index (χ2v) is 20.4. The molecule has 6 rings (SSSR count). The molecule has 1 unspecified atom stereocenters. The Bertz CT molecular complexity index is 2140. The highest BCUT2D eigenvalue weighted by Gasteiger charge is 2.56. The Kier molecular flexibility index (Phi) is 17.5. The number of imide groups is 1. The average molecular weight is 993 g/mol. The number of aliphatic hydroxyl groups is 1. The SMILES string of the molecule is COc1cc2cc(c1Cl)N(C)C(=O)C[C@@H](OC(=O)[C@@H](C)N(C)C(=O)CCSC1CC(=O)N(CC3CCC(C(=O)SN)CC3)C1=O)[C@H]1O[C@@H]1[C@@H](C)[C@H]1C[C@](O)(NC(=O)O1)[C@@H](OC)/C=C/C=C(\C)C2. The van der Waals surface area contributed by atoms with Gasteiger partial charge in [0.25, 0.3) is 0 Å². The standard InChI is InChI=1S/C46H62ClN5O13S2/c1-24-9-8-10-35(62-7)46(60)22-33(64-45(59)49-46)25(2)40-41(65-40)32(20-37(54)51(5)30-18-28(17-24)19-31(61-6)39(30)47)63-43(57)26(3)50(4)36(53)15-16-66-34-21-38(55)52(42(34)56)23-27-11-13-29(14-12-27)44(58)67-48/h8-10,18-19,25-27,29,32-35,40-41,60H,11-17,20-23,48H2,1-7H3,(H,49,59)/b10-8+,24-9+/t25-,26+,27?,29?,32+,33+,34?,35-,40+,41+,46+/m0/s1. The Morgan fingerprint density at radius 1 is 1.09 bits per heavy atom. The summed E-state index contributed by atoms with van der Waals surface area (Å²) >= 11 is 8.74. The molecule has 5 amide bonds. The molecule has 3 saturated heterocycles. The summed E-state index contributed by atoms with van der Waals surface area (Å²) in [6, 6.07) is 2.43. The van der Waals surface area contributed by atoms with Crippen molar-refractivity contribution in [3.05, 3.63) is 46.5 Å². The number of likely N-dealkylation sites (N-methyl/N-ethyl adjacent to an activating group) is 1. The van der Waals surface area contributed by atoms with Crippen LogP contribution in [-0.2, 0) is 54.1 Å². The second kappa shape index (κ2) is 22.5. The van der Waals surface area contributed by atoms with Gasteiger partial charge in [0.1, 0.15) is 41.2 Å². The largest absolute Gasteiger partial charge is 0.495 e. The molecule has 5 aliphatic rings. The predicted octanol–water partition coefficient (Wildman–Crippen LogP) is 4.32. The molecule has 1 saturated carbocycles. The third kappa shape index (κ3) is 12.4. The first-order chi connectivity index (χ1) is 31.8. The molecule has 4 aliphatic heterocycles. The lowest BCUT2D eigenvalue weighted by Gasteiger charge is -2.41. The van der Waals surface area contributed by atoms with Crippen molar-refractivity contribution in [1.29, 1.82) is 0 Å². The monoisotopic (exact) mass is 991 g/mol. The van der Waals surface area contributed by atoms with E-state index in [0.29, 0.717) is 37.2 Å². The fraction of sp³-hybridized carbons (Fsp3) is 0.630. The van der Waals surface area contributed by atoms with E-state index < -0.39 is 77.3 Å². The highest BCUT2D eigenvalue weighted by molar-refractivity contribution is 8.11. The normalized spacial score (nSPS) is 32.0. The van der Waals surface area contributed by atoms with Crippen LogP contribution >= 0.6 is 35.3 Å². The molecule has 18 nitrogen and oxygen atoms in total. The van der Waals surface area contributed by atoms with Crippen LogP contribution in [0.1, 0.15) is 77.7 Å². The number of hydrogen-bond donors (Lipinski definition) is 3. The van der Waals surface area contributed by atoms with Gasteiger partial charge in [-0.05, 0) is 81.5 Å². The zero-order valence-electron chi connectivity index (χ0n) is 38.9. The van der Waals surface area contributed by atoms with Crippen molar-refractivity contribution in [2.45, 2.75) is 126 Å². The summed E-state index contributed by atoms with van der Waals surface area (Å²) in [7, 11) is 5.89. The Morgan fingerprint density at radius 2 is 1.81 bits per heavy atom. The van der Waals surface area contributed by atoms with Gasteiger partial charge in [-0.25, -0.2) is 9.59 Å². The van der Waals surface area contributed by atoms with E-state index >= 15 is 0 Å². The van der Waals surface area contributed by atoms with E-state index in [4.69, 9.17) is 40.4 Å². The molecular formula is C46H62ClN5O13S2. The third-order valence-corrected chi connectivity index (χ3v) is 15.7. The fourth-order valence-electron chi connectivity index (χ4n) is 9.23. The molecule has 4 bridgehead atoms. The summed E-state index contributed by atoms with van der Waals surface area (Å²) in [5, 5.41) is 19.2. The summed E-state index contributed by atoms with van der Waals surface area (Å²) < 4.78 is 29.0. The fourth-order valence-corrected chi connectivity index (χ4v) is 11.1. The van der Waals surface area contributed by atoms with Crippen molar-refractivity contribution in [1.82, 2.24) is 15.1 Å². The Balaban J connectivity index is 1.13. The number of carbonyl (C=O) groups excluding carboxylic acids is 7. The summed E-state index contributed by atoms with van der Waals surface area (Å²) in [4.78, 5) is 96.6. The molecule has 4 N–H and O–H groups in total. The van der Waals surface area contributed by atoms with E-state index in [2.05, 4.69) is 5.32 Å². The number of ether oxygens (including phenoxy) is 5. The molecule has 1 aromatic carbocycles. The maximum atomic E-state index is 14.2. The number of nitrogens with two attached hydrogens (primary N) is 1. The number of allylic oxidation sites excluding steroid dienone is 3. The van der Waals surface area contributed by atoms with Crippen molar-refractivity contribution < 1.29 is 62.4 Å². The van der Waals surface area contributed by atoms with Crippen molar-refractivity contribution >= 4 is 81.8 Å². The Hall–Kier alpha value is -4.18. The summed E-state index contributed by atoms with van der Waals surface area (Å²) in [6.45, 7) is 5.47. The van der Waals surface area contributed by atoms with Gasteiger partial charge in [-0.1, -0.05) is 42.3 Å². The minimum Gasteiger partial charge on any atom is -0.495 e. The zero-order chi connectivity index (χ0) is 48.9. The number of fused-ring (bicyclic) bond motifs is 5. The molecule has 1 aromatic rings. The van der Waals surface area contributed by atoms with Gasteiger partial charge in [0.2, 0.25) is 28.7 Å².